The van der Waals surface area contributed by atoms with E-state index in [1.165, 1.54) is 6.20 Å². The van der Waals surface area contributed by atoms with E-state index in [0.29, 0.717) is 29.9 Å². The topological polar surface area (TPSA) is 84.3 Å². The average molecular weight is 352 g/mol. The normalized spacial score (nSPS) is 36.6. The molecule has 7 heteroatoms. The lowest BCUT2D eigenvalue weighted by Gasteiger charge is -2.58. The molecule has 0 saturated heterocycles. The van der Waals surface area contributed by atoms with E-state index in [4.69, 9.17) is 16.3 Å². The fourth-order valence-corrected chi connectivity index (χ4v) is 5.32. The zero-order valence-electron chi connectivity index (χ0n) is 13.7. The second-order valence-electron chi connectivity index (χ2n) is 7.48. The number of amides is 1. The van der Waals surface area contributed by atoms with Crippen molar-refractivity contribution in [2.75, 3.05) is 6.61 Å². The summed E-state index contributed by atoms with van der Waals surface area (Å²) in [6.45, 7) is 2.23. The van der Waals surface area contributed by atoms with Gasteiger partial charge in [0.15, 0.2) is 0 Å². The van der Waals surface area contributed by atoms with Crippen LogP contribution in [-0.2, 0) is 0 Å². The Hall–Kier alpha value is -1.40. The van der Waals surface area contributed by atoms with Gasteiger partial charge >= 0.3 is 0 Å². The number of carbonyl (C=O) groups is 1. The first-order chi connectivity index (χ1) is 11.5. The van der Waals surface area contributed by atoms with E-state index in [2.05, 4.69) is 15.3 Å². The predicted octanol–water partition coefficient (Wildman–Crippen LogP) is 2.20. The zero-order valence-corrected chi connectivity index (χ0v) is 14.4. The van der Waals surface area contributed by atoms with Gasteiger partial charge in [0, 0.05) is 12.2 Å². The molecule has 130 valence electrons. The van der Waals surface area contributed by atoms with Crippen LogP contribution in [0, 0.1) is 17.8 Å². The van der Waals surface area contributed by atoms with Crippen molar-refractivity contribution in [3.05, 3.63) is 17.0 Å². The second kappa shape index (κ2) is 5.85. The van der Waals surface area contributed by atoms with Crippen molar-refractivity contribution in [1.82, 2.24) is 15.3 Å². The molecule has 1 heterocycles. The number of aliphatic hydroxyl groups is 1. The second-order valence-corrected chi connectivity index (χ2v) is 7.82. The van der Waals surface area contributed by atoms with Gasteiger partial charge in [0.25, 0.3) is 5.91 Å². The molecule has 0 radical (unpaired) electrons. The number of nitrogens with zero attached hydrogens (tertiary/aromatic N) is 2. The number of nitrogens with one attached hydrogen (secondary N) is 1. The number of ether oxygens (including phenoxy) is 1. The summed E-state index contributed by atoms with van der Waals surface area (Å²) in [6.07, 6.45) is 6.12. The van der Waals surface area contributed by atoms with E-state index < -0.39 is 5.60 Å². The van der Waals surface area contributed by atoms with E-state index in [9.17, 15) is 9.90 Å². The van der Waals surface area contributed by atoms with Crippen LogP contribution in [0.4, 0.5) is 0 Å². The molecule has 2 N–H and O–H groups in total. The molecule has 1 aromatic rings. The van der Waals surface area contributed by atoms with Crippen molar-refractivity contribution < 1.29 is 14.6 Å². The minimum atomic E-state index is -0.502. The molecular weight excluding hydrogens is 330 g/mol. The third-order valence-corrected chi connectivity index (χ3v) is 5.97. The van der Waals surface area contributed by atoms with Gasteiger partial charge in [-0.1, -0.05) is 0 Å². The van der Waals surface area contributed by atoms with Crippen molar-refractivity contribution in [2.45, 2.75) is 50.7 Å². The van der Waals surface area contributed by atoms with E-state index in [1.807, 2.05) is 6.92 Å². The minimum Gasteiger partial charge on any atom is -0.477 e. The van der Waals surface area contributed by atoms with Gasteiger partial charge in [-0.15, -0.1) is 0 Å². The SMILES string of the molecule is CCOc1nc(Cl)ncc1C(=O)N[C@H]1C2CC3CC1C[C@@](O)(C3)C2. The molecule has 4 bridgehead atoms. The Balaban J connectivity index is 1.53. The van der Waals surface area contributed by atoms with Gasteiger partial charge in [0.2, 0.25) is 11.2 Å². The lowest BCUT2D eigenvalue weighted by Crippen LogP contribution is -2.61. The first kappa shape index (κ1) is 16.1. The zero-order chi connectivity index (χ0) is 16.9. The van der Waals surface area contributed by atoms with Crippen LogP contribution >= 0.6 is 11.6 Å². The van der Waals surface area contributed by atoms with Crippen molar-refractivity contribution >= 4 is 17.5 Å². The lowest BCUT2D eigenvalue weighted by atomic mass is 9.52. The third-order valence-electron chi connectivity index (χ3n) is 5.79. The van der Waals surface area contributed by atoms with Gasteiger partial charge in [0.1, 0.15) is 5.56 Å². The predicted molar refractivity (Wildman–Crippen MR) is 88.0 cm³/mol. The Morgan fingerprint density at radius 1 is 1.42 bits per heavy atom. The Bertz CT molecular complexity index is 652. The molecule has 4 aliphatic carbocycles. The molecule has 1 aromatic heterocycles. The maximum Gasteiger partial charge on any atom is 0.258 e. The number of aromatic nitrogens is 2. The van der Waals surface area contributed by atoms with Gasteiger partial charge in [-0.2, -0.15) is 4.98 Å². The maximum absolute atomic E-state index is 12.7. The van der Waals surface area contributed by atoms with Crippen LogP contribution in [0.2, 0.25) is 5.28 Å². The van der Waals surface area contributed by atoms with Gasteiger partial charge in [0.05, 0.1) is 12.2 Å². The highest BCUT2D eigenvalue weighted by molar-refractivity contribution is 6.28. The molecular formula is C17H22ClN3O3. The average Bonchev–Trinajstić information content (AvgIpc) is 2.49. The smallest absolute Gasteiger partial charge is 0.258 e. The molecule has 6 nitrogen and oxygen atoms in total. The number of hydrogen-bond acceptors (Lipinski definition) is 5. The number of rotatable bonds is 4. The number of halogens is 1. The molecule has 4 saturated carbocycles. The summed E-state index contributed by atoms with van der Waals surface area (Å²) in [4.78, 5) is 20.7. The molecule has 0 spiro atoms. The van der Waals surface area contributed by atoms with E-state index in [0.717, 1.165) is 32.1 Å². The quantitative estimate of drug-likeness (QED) is 0.812. The highest BCUT2D eigenvalue weighted by atomic mass is 35.5. The van der Waals surface area contributed by atoms with Crippen LogP contribution in [0.25, 0.3) is 0 Å². The first-order valence-corrected chi connectivity index (χ1v) is 9.04. The summed E-state index contributed by atoms with van der Waals surface area (Å²) >= 11 is 5.80. The maximum atomic E-state index is 12.7. The molecule has 4 fully saturated rings. The summed E-state index contributed by atoms with van der Waals surface area (Å²) in [7, 11) is 0. The Labute approximate surface area is 146 Å². The van der Waals surface area contributed by atoms with Crippen molar-refractivity contribution in [3.8, 4) is 5.88 Å². The summed E-state index contributed by atoms with van der Waals surface area (Å²) in [6, 6.07) is 0.111. The van der Waals surface area contributed by atoms with Gasteiger partial charge in [-0.25, -0.2) is 4.98 Å². The molecule has 0 aliphatic heterocycles. The fourth-order valence-electron chi connectivity index (χ4n) is 5.19. The third kappa shape index (κ3) is 2.75. The summed E-state index contributed by atoms with van der Waals surface area (Å²) in [5.41, 5.74) is -0.189. The molecule has 4 aliphatic rings. The van der Waals surface area contributed by atoms with Crippen LogP contribution < -0.4 is 10.1 Å². The molecule has 5 rings (SSSR count). The highest BCUT2D eigenvalue weighted by Crippen LogP contribution is 2.55. The van der Waals surface area contributed by atoms with Gasteiger partial charge in [-0.05, 0) is 68.4 Å². The van der Waals surface area contributed by atoms with Gasteiger partial charge in [-0.3, -0.25) is 4.79 Å². The largest absolute Gasteiger partial charge is 0.477 e. The first-order valence-electron chi connectivity index (χ1n) is 8.66. The summed E-state index contributed by atoms with van der Waals surface area (Å²) < 4.78 is 5.43. The molecule has 24 heavy (non-hydrogen) atoms. The summed E-state index contributed by atoms with van der Waals surface area (Å²) in [5, 5.41) is 13.9. The van der Waals surface area contributed by atoms with Crippen LogP contribution in [0.15, 0.2) is 6.20 Å². The Morgan fingerprint density at radius 2 is 2.12 bits per heavy atom. The number of carbonyl (C=O) groups excluding carboxylic acids is 1. The van der Waals surface area contributed by atoms with Crippen LogP contribution in [-0.4, -0.2) is 39.2 Å². The highest BCUT2D eigenvalue weighted by Gasteiger charge is 2.55. The van der Waals surface area contributed by atoms with Crippen LogP contribution in [0.3, 0.4) is 0 Å². The van der Waals surface area contributed by atoms with Crippen molar-refractivity contribution in [2.24, 2.45) is 17.8 Å². The lowest BCUT2D eigenvalue weighted by molar-refractivity contribution is -0.136. The van der Waals surface area contributed by atoms with E-state index in [1.54, 1.807) is 0 Å². The Kier molecular flexibility index (Phi) is 3.92. The minimum absolute atomic E-state index is 0.0619. The van der Waals surface area contributed by atoms with E-state index >= 15 is 0 Å². The standard InChI is InChI=1S/C17H22ClN3O3/c1-2-24-15-12(8-19-16(18)21-15)14(22)20-13-10-3-9-4-11(13)7-17(23,5-9)6-10/h8-11,13,23H,2-7H2,1H3,(H,20,22)/t9?,10?,11?,13-,17+. The van der Waals surface area contributed by atoms with Crippen molar-refractivity contribution in [1.29, 1.82) is 0 Å². The molecule has 1 amide bonds. The van der Waals surface area contributed by atoms with Crippen LogP contribution in [0.1, 0.15) is 49.4 Å². The number of hydrogen-bond donors (Lipinski definition) is 2. The van der Waals surface area contributed by atoms with Gasteiger partial charge < -0.3 is 15.2 Å². The Morgan fingerprint density at radius 3 is 2.75 bits per heavy atom. The van der Waals surface area contributed by atoms with Crippen LogP contribution in [0.5, 0.6) is 5.88 Å². The monoisotopic (exact) mass is 351 g/mol. The van der Waals surface area contributed by atoms with Crippen molar-refractivity contribution in [3.63, 3.8) is 0 Å². The summed E-state index contributed by atoms with van der Waals surface area (Å²) in [5.74, 6) is 1.32. The van der Waals surface area contributed by atoms with E-state index in [-0.39, 0.29) is 23.1 Å². The fraction of sp³-hybridized carbons (Fsp3) is 0.706. The molecule has 2 unspecified atom stereocenters. The molecule has 0 aromatic carbocycles. The molecule has 2 atom stereocenters.